The summed E-state index contributed by atoms with van der Waals surface area (Å²) in [6.07, 6.45) is 2.23. The van der Waals surface area contributed by atoms with Gasteiger partial charge in [-0.15, -0.1) is 0 Å². The fourth-order valence-corrected chi connectivity index (χ4v) is 5.27. The third-order valence-corrected chi connectivity index (χ3v) is 7.02. The highest BCUT2D eigenvalue weighted by Crippen LogP contribution is 2.32. The molecule has 6 nitrogen and oxygen atoms in total. The van der Waals surface area contributed by atoms with E-state index in [0.29, 0.717) is 10.2 Å². The van der Waals surface area contributed by atoms with Gasteiger partial charge >= 0.3 is 0 Å². The number of methoxy groups -OCH3 is 2. The molecule has 152 valence electrons. The summed E-state index contributed by atoms with van der Waals surface area (Å²) in [6, 6.07) is 12.4. The van der Waals surface area contributed by atoms with E-state index in [9.17, 15) is 8.42 Å². The van der Waals surface area contributed by atoms with Gasteiger partial charge in [-0.1, -0.05) is 18.2 Å². The molecule has 0 aromatic heterocycles. The summed E-state index contributed by atoms with van der Waals surface area (Å²) in [7, 11) is -0.483. The second-order valence-electron chi connectivity index (χ2n) is 6.65. The van der Waals surface area contributed by atoms with E-state index < -0.39 is 10.0 Å². The molecule has 2 aromatic carbocycles. The minimum Gasteiger partial charge on any atom is -0.496 e. The minimum atomic E-state index is -3.66. The molecular formula is C20H25BrN2O4S. The van der Waals surface area contributed by atoms with Crippen LogP contribution in [0.3, 0.4) is 0 Å². The Kier molecular flexibility index (Phi) is 6.98. The average molecular weight is 469 g/mol. The van der Waals surface area contributed by atoms with Crippen LogP contribution in [0.5, 0.6) is 11.5 Å². The number of likely N-dealkylation sites (tertiary alicyclic amines) is 1. The fourth-order valence-electron chi connectivity index (χ4n) is 3.52. The number of benzene rings is 2. The van der Waals surface area contributed by atoms with E-state index in [1.807, 2.05) is 24.3 Å². The lowest BCUT2D eigenvalue weighted by Crippen LogP contribution is -2.37. The van der Waals surface area contributed by atoms with E-state index in [1.165, 1.54) is 0 Å². The van der Waals surface area contributed by atoms with Crippen LogP contribution in [0.15, 0.2) is 51.8 Å². The van der Waals surface area contributed by atoms with Crippen LogP contribution in [0.4, 0.5) is 0 Å². The summed E-state index contributed by atoms with van der Waals surface area (Å²) in [6.45, 7) is 2.16. The number of sulfonamides is 1. The van der Waals surface area contributed by atoms with Crippen molar-refractivity contribution < 1.29 is 17.9 Å². The molecule has 1 atom stereocenters. The van der Waals surface area contributed by atoms with Crippen molar-refractivity contribution in [1.82, 2.24) is 9.62 Å². The number of ether oxygens (including phenoxy) is 2. The van der Waals surface area contributed by atoms with Gasteiger partial charge in [-0.25, -0.2) is 13.1 Å². The minimum absolute atomic E-state index is 0.0879. The third-order valence-electron chi connectivity index (χ3n) is 4.98. The first-order valence-electron chi connectivity index (χ1n) is 9.16. The van der Waals surface area contributed by atoms with Crippen molar-refractivity contribution in [2.75, 3.05) is 33.9 Å². The van der Waals surface area contributed by atoms with E-state index >= 15 is 0 Å². The quantitative estimate of drug-likeness (QED) is 0.640. The maximum Gasteiger partial charge on any atom is 0.240 e. The molecule has 0 spiro atoms. The van der Waals surface area contributed by atoms with Gasteiger partial charge in [-0.2, -0.15) is 0 Å². The fraction of sp³-hybridized carbons (Fsp3) is 0.400. The van der Waals surface area contributed by atoms with Crippen LogP contribution in [-0.2, 0) is 10.0 Å². The molecule has 1 N–H and O–H groups in total. The Balaban J connectivity index is 1.84. The van der Waals surface area contributed by atoms with E-state index in [4.69, 9.17) is 9.47 Å². The number of hydrogen-bond donors (Lipinski definition) is 1. The zero-order valence-electron chi connectivity index (χ0n) is 16.0. The number of hydrogen-bond acceptors (Lipinski definition) is 5. The zero-order chi connectivity index (χ0) is 20.1. The van der Waals surface area contributed by atoms with Crippen LogP contribution in [0, 0.1) is 0 Å². The number of para-hydroxylation sites is 1. The Bertz CT molecular complexity index is 914. The Morgan fingerprint density at radius 3 is 2.39 bits per heavy atom. The van der Waals surface area contributed by atoms with Gasteiger partial charge in [-0.05, 0) is 66.1 Å². The van der Waals surface area contributed by atoms with E-state index in [-0.39, 0.29) is 17.5 Å². The molecule has 1 aliphatic rings. The predicted molar refractivity (Wildman–Crippen MR) is 112 cm³/mol. The van der Waals surface area contributed by atoms with Gasteiger partial charge in [0, 0.05) is 12.1 Å². The van der Waals surface area contributed by atoms with Crippen LogP contribution < -0.4 is 14.2 Å². The molecule has 0 amide bonds. The summed E-state index contributed by atoms with van der Waals surface area (Å²) < 4.78 is 39.8. The lowest BCUT2D eigenvalue weighted by atomic mass is 10.0. The molecule has 8 heteroatoms. The second kappa shape index (κ2) is 9.26. The Morgan fingerprint density at radius 1 is 1.07 bits per heavy atom. The van der Waals surface area contributed by atoms with Crippen LogP contribution >= 0.6 is 15.9 Å². The molecule has 3 rings (SSSR count). The highest BCUT2D eigenvalue weighted by Gasteiger charge is 2.27. The highest BCUT2D eigenvalue weighted by atomic mass is 79.9. The summed E-state index contributed by atoms with van der Waals surface area (Å²) in [4.78, 5) is 2.50. The summed E-state index contributed by atoms with van der Waals surface area (Å²) in [5.74, 6) is 1.36. The Morgan fingerprint density at radius 2 is 1.75 bits per heavy atom. The number of nitrogens with zero attached hydrogens (tertiary/aromatic N) is 1. The maximum atomic E-state index is 12.9. The molecule has 0 bridgehead atoms. The molecule has 1 saturated heterocycles. The number of rotatable bonds is 8. The van der Waals surface area contributed by atoms with Gasteiger partial charge in [0.1, 0.15) is 11.5 Å². The van der Waals surface area contributed by atoms with Gasteiger partial charge < -0.3 is 9.47 Å². The standard InChI is InChI=1S/C20H25BrN2O4S/c1-26-19-8-4-3-7-16(19)18(23-11-5-6-12-23)14-22-28(24,25)15-9-10-20(27-2)17(21)13-15/h3-4,7-10,13,18,22H,5-6,11-12,14H2,1-2H3. The lowest BCUT2D eigenvalue weighted by molar-refractivity contribution is 0.240. The first-order chi connectivity index (χ1) is 13.5. The average Bonchev–Trinajstić information content (AvgIpc) is 3.23. The van der Waals surface area contributed by atoms with Crippen molar-refractivity contribution in [1.29, 1.82) is 0 Å². The topological polar surface area (TPSA) is 67.9 Å². The molecule has 28 heavy (non-hydrogen) atoms. The molecule has 1 heterocycles. The number of nitrogens with one attached hydrogen (secondary N) is 1. The third kappa shape index (κ3) is 4.68. The second-order valence-corrected chi connectivity index (χ2v) is 9.27. The van der Waals surface area contributed by atoms with Gasteiger partial charge in [0.05, 0.1) is 29.6 Å². The molecule has 1 aliphatic heterocycles. The van der Waals surface area contributed by atoms with Crippen molar-refractivity contribution in [3.05, 3.63) is 52.5 Å². The Labute approximate surface area is 175 Å². The highest BCUT2D eigenvalue weighted by molar-refractivity contribution is 9.10. The van der Waals surface area contributed by atoms with Gasteiger partial charge in [0.25, 0.3) is 0 Å². The van der Waals surface area contributed by atoms with E-state index in [0.717, 1.165) is 37.2 Å². The summed E-state index contributed by atoms with van der Waals surface area (Å²) in [5, 5.41) is 0. The molecule has 2 aromatic rings. The first-order valence-corrected chi connectivity index (χ1v) is 11.4. The van der Waals surface area contributed by atoms with E-state index in [1.54, 1.807) is 32.4 Å². The zero-order valence-corrected chi connectivity index (χ0v) is 18.4. The largest absolute Gasteiger partial charge is 0.496 e. The Hall–Kier alpha value is -1.61. The van der Waals surface area contributed by atoms with Crippen LogP contribution in [-0.4, -0.2) is 47.2 Å². The van der Waals surface area contributed by atoms with Crippen LogP contribution in [0.1, 0.15) is 24.4 Å². The summed E-state index contributed by atoms with van der Waals surface area (Å²) >= 11 is 3.35. The van der Waals surface area contributed by atoms with Crippen molar-refractivity contribution in [3.8, 4) is 11.5 Å². The molecule has 0 radical (unpaired) electrons. The van der Waals surface area contributed by atoms with Crippen LogP contribution in [0.25, 0.3) is 0 Å². The first kappa shape index (κ1) is 21.1. The smallest absolute Gasteiger partial charge is 0.240 e. The molecule has 0 aliphatic carbocycles. The van der Waals surface area contributed by atoms with Gasteiger partial charge in [0.2, 0.25) is 10.0 Å². The molecule has 1 unspecified atom stereocenters. The van der Waals surface area contributed by atoms with Crippen molar-refractivity contribution >= 4 is 26.0 Å². The van der Waals surface area contributed by atoms with Gasteiger partial charge in [0.15, 0.2) is 0 Å². The SMILES string of the molecule is COc1ccc(S(=O)(=O)NCC(c2ccccc2OC)N2CCCC2)cc1Br. The van der Waals surface area contributed by atoms with Gasteiger partial charge in [-0.3, -0.25) is 4.90 Å². The predicted octanol–water partition coefficient (Wildman–Crippen LogP) is 3.58. The number of halogens is 1. The molecule has 1 fully saturated rings. The molecule has 0 saturated carbocycles. The maximum absolute atomic E-state index is 12.9. The van der Waals surface area contributed by atoms with Crippen molar-refractivity contribution in [2.45, 2.75) is 23.8 Å². The summed E-state index contributed by atoms with van der Waals surface area (Å²) in [5.41, 5.74) is 0.991. The van der Waals surface area contributed by atoms with Crippen molar-refractivity contribution in [2.24, 2.45) is 0 Å². The monoisotopic (exact) mass is 468 g/mol. The van der Waals surface area contributed by atoms with E-state index in [2.05, 4.69) is 25.6 Å². The van der Waals surface area contributed by atoms with Crippen LogP contribution in [0.2, 0.25) is 0 Å². The molecular weight excluding hydrogens is 444 g/mol. The lowest BCUT2D eigenvalue weighted by Gasteiger charge is -2.29. The normalized spacial score (nSPS) is 16.1. The van der Waals surface area contributed by atoms with Crippen molar-refractivity contribution in [3.63, 3.8) is 0 Å².